The molecule has 0 saturated carbocycles. The van der Waals surface area contributed by atoms with Crippen LogP contribution in [0.1, 0.15) is 57.1 Å². The maximum absolute atomic E-state index is 6.15. The van der Waals surface area contributed by atoms with Crippen molar-refractivity contribution in [3.05, 3.63) is 59.7 Å². The van der Waals surface area contributed by atoms with Gasteiger partial charge < -0.3 is 21.3 Å². The second-order valence-electron chi connectivity index (χ2n) is 8.66. The minimum atomic E-state index is 0. The molecule has 2 aromatic carbocycles. The second-order valence-corrected chi connectivity index (χ2v) is 8.66. The molecule has 0 bridgehead atoms. The molecule has 1 aliphatic rings. The van der Waals surface area contributed by atoms with Crippen LogP contribution in [0.3, 0.4) is 0 Å². The molecule has 2 aromatic rings. The molecule has 1 saturated heterocycles. The number of rotatable bonds is 10. The fourth-order valence-corrected chi connectivity index (χ4v) is 4.02. The van der Waals surface area contributed by atoms with E-state index in [1.807, 2.05) is 0 Å². The molecule has 1 fully saturated rings. The van der Waals surface area contributed by atoms with E-state index in [1.54, 1.807) is 0 Å². The first kappa shape index (κ1) is 30.6. The zero-order valence-electron chi connectivity index (χ0n) is 21.2. The Kier molecular flexibility index (Phi) is 14.2. The molecule has 0 aliphatic carbocycles. The number of anilines is 2. The summed E-state index contributed by atoms with van der Waals surface area (Å²) in [5.41, 5.74) is 16.8. The molecule has 1 heterocycles. The summed E-state index contributed by atoms with van der Waals surface area (Å²) in [5.74, 6) is 1.27. The smallest absolute Gasteiger partial charge is 0.125 e. The van der Waals surface area contributed by atoms with Crippen molar-refractivity contribution < 1.29 is 0 Å². The Morgan fingerprint density at radius 2 is 1.03 bits per heavy atom. The molecule has 194 valence electrons. The van der Waals surface area contributed by atoms with Crippen molar-refractivity contribution in [3.63, 3.8) is 0 Å². The molecule has 6 nitrogen and oxygen atoms in total. The van der Waals surface area contributed by atoms with Crippen LogP contribution < -0.4 is 21.3 Å². The summed E-state index contributed by atoms with van der Waals surface area (Å²) < 4.78 is 0. The van der Waals surface area contributed by atoms with Gasteiger partial charge in [0.05, 0.1) is 0 Å². The number of hydrogen-bond donors (Lipinski definition) is 2. The van der Waals surface area contributed by atoms with Gasteiger partial charge in [-0.2, -0.15) is 0 Å². The van der Waals surface area contributed by atoms with Crippen LogP contribution in [0.4, 0.5) is 11.4 Å². The van der Waals surface area contributed by atoms with E-state index >= 15 is 0 Å². The fraction of sp³-hybridized carbons (Fsp3) is 0.481. The first-order valence-electron chi connectivity index (χ1n) is 12.4. The molecular formula is C27H42Cl2N6. The van der Waals surface area contributed by atoms with Crippen LogP contribution in [0.2, 0.25) is 0 Å². The minimum absolute atomic E-state index is 0. The van der Waals surface area contributed by atoms with E-state index in [4.69, 9.17) is 11.5 Å². The van der Waals surface area contributed by atoms with Crippen LogP contribution in [0, 0.1) is 0 Å². The highest BCUT2D eigenvalue weighted by molar-refractivity contribution is 5.98. The fourth-order valence-electron chi connectivity index (χ4n) is 4.02. The number of unbranched alkanes of at least 4 members (excludes halogenated alkanes) is 2. The van der Waals surface area contributed by atoms with Gasteiger partial charge in [0.1, 0.15) is 11.7 Å². The zero-order chi connectivity index (χ0) is 23.5. The molecule has 3 rings (SSSR count). The van der Waals surface area contributed by atoms with Crippen molar-refractivity contribution in [2.45, 2.75) is 46.0 Å². The average Bonchev–Trinajstić information content (AvgIpc) is 3.11. The molecule has 35 heavy (non-hydrogen) atoms. The number of nitrogens with two attached hydrogens (primary N) is 2. The molecular weight excluding hydrogens is 479 g/mol. The summed E-state index contributed by atoms with van der Waals surface area (Å²) in [6.07, 6.45) is 5.53. The highest BCUT2D eigenvalue weighted by atomic mass is 35.5. The van der Waals surface area contributed by atoms with Gasteiger partial charge in [0, 0.05) is 61.8 Å². The third kappa shape index (κ3) is 9.26. The van der Waals surface area contributed by atoms with Crippen molar-refractivity contribution in [3.8, 4) is 0 Å². The van der Waals surface area contributed by atoms with E-state index in [2.05, 4.69) is 82.2 Å². The van der Waals surface area contributed by atoms with E-state index in [-0.39, 0.29) is 24.8 Å². The van der Waals surface area contributed by atoms with E-state index < -0.39 is 0 Å². The molecule has 0 spiro atoms. The van der Waals surface area contributed by atoms with Gasteiger partial charge in [0.25, 0.3) is 0 Å². The van der Waals surface area contributed by atoms with Gasteiger partial charge in [0.2, 0.25) is 0 Å². The number of benzene rings is 2. The molecule has 0 atom stereocenters. The quantitative estimate of drug-likeness (QED) is 0.254. The van der Waals surface area contributed by atoms with Crippen LogP contribution >= 0.6 is 24.8 Å². The summed E-state index contributed by atoms with van der Waals surface area (Å²) in [5, 5.41) is 0. The number of halogens is 2. The molecule has 8 heteroatoms. The van der Waals surface area contributed by atoms with Crippen molar-refractivity contribution in [2.24, 2.45) is 21.5 Å². The van der Waals surface area contributed by atoms with Crippen molar-refractivity contribution in [2.75, 3.05) is 49.1 Å². The van der Waals surface area contributed by atoms with Crippen molar-refractivity contribution >= 4 is 47.9 Å². The highest BCUT2D eigenvalue weighted by Crippen LogP contribution is 2.21. The van der Waals surface area contributed by atoms with Gasteiger partial charge in [-0.05, 0) is 67.8 Å². The maximum Gasteiger partial charge on any atom is 0.125 e. The SMILES string of the molecule is CCCCN=C(N)c1ccc(N2CCCN(c3ccc(C(N)=NCCCC)cc3)CC2)cc1.Cl.Cl. The highest BCUT2D eigenvalue weighted by Gasteiger charge is 2.16. The standard InChI is InChI=1S/C27H40N6.2ClH/c1-3-5-16-30-26(28)22-8-12-24(13-9-22)32-18-7-19-33(21-20-32)25-14-10-23(11-15-25)27(29)31-17-6-4-2;;/h8-15H,3-7,16-21H2,1-2H3,(H2,28,30)(H2,29,31);2*1H. The predicted octanol–water partition coefficient (Wildman–Crippen LogP) is 5.26. The normalized spacial score (nSPS) is 14.7. The van der Waals surface area contributed by atoms with Crippen LogP contribution in [0.5, 0.6) is 0 Å². The Labute approximate surface area is 223 Å². The number of amidine groups is 2. The van der Waals surface area contributed by atoms with Crippen LogP contribution in [0.25, 0.3) is 0 Å². The molecule has 0 amide bonds. The lowest BCUT2D eigenvalue weighted by atomic mass is 10.1. The summed E-state index contributed by atoms with van der Waals surface area (Å²) >= 11 is 0. The number of hydrogen-bond acceptors (Lipinski definition) is 4. The molecule has 0 radical (unpaired) electrons. The van der Waals surface area contributed by atoms with Gasteiger partial charge in [-0.3, -0.25) is 9.98 Å². The van der Waals surface area contributed by atoms with Gasteiger partial charge >= 0.3 is 0 Å². The minimum Gasteiger partial charge on any atom is -0.384 e. The lowest BCUT2D eigenvalue weighted by molar-refractivity contribution is 0.805. The maximum atomic E-state index is 6.15. The van der Waals surface area contributed by atoms with Crippen LogP contribution in [-0.2, 0) is 0 Å². The Balaban J connectivity index is 0.00000306. The van der Waals surface area contributed by atoms with Gasteiger partial charge in [0.15, 0.2) is 0 Å². The van der Waals surface area contributed by atoms with Crippen molar-refractivity contribution in [1.29, 1.82) is 0 Å². The Morgan fingerprint density at radius 1 is 0.657 bits per heavy atom. The summed E-state index contributed by atoms with van der Waals surface area (Å²) in [7, 11) is 0. The number of nitrogens with zero attached hydrogens (tertiary/aromatic N) is 4. The third-order valence-corrected chi connectivity index (χ3v) is 6.14. The first-order valence-corrected chi connectivity index (χ1v) is 12.4. The third-order valence-electron chi connectivity index (χ3n) is 6.14. The topological polar surface area (TPSA) is 83.2 Å². The Bertz CT molecular complexity index is 837. The van der Waals surface area contributed by atoms with E-state index in [1.165, 1.54) is 11.4 Å². The second kappa shape index (κ2) is 16.3. The predicted molar refractivity (Wildman–Crippen MR) is 157 cm³/mol. The van der Waals surface area contributed by atoms with E-state index in [0.717, 1.165) is 82.5 Å². The van der Waals surface area contributed by atoms with Crippen LogP contribution in [0.15, 0.2) is 58.5 Å². The van der Waals surface area contributed by atoms with E-state index in [9.17, 15) is 0 Å². The van der Waals surface area contributed by atoms with Gasteiger partial charge in [-0.25, -0.2) is 0 Å². The van der Waals surface area contributed by atoms with Gasteiger partial charge in [-0.15, -0.1) is 24.8 Å². The Morgan fingerprint density at radius 3 is 1.37 bits per heavy atom. The average molecular weight is 522 g/mol. The molecule has 4 N–H and O–H groups in total. The molecule has 1 aliphatic heterocycles. The van der Waals surface area contributed by atoms with Crippen molar-refractivity contribution in [1.82, 2.24) is 0 Å². The summed E-state index contributed by atoms with van der Waals surface area (Å²) in [6, 6.07) is 17.0. The molecule has 0 unspecified atom stereocenters. The zero-order valence-corrected chi connectivity index (χ0v) is 22.8. The molecule has 0 aromatic heterocycles. The lowest BCUT2D eigenvalue weighted by Crippen LogP contribution is -2.30. The lowest BCUT2D eigenvalue weighted by Gasteiger charge is -2.25. The first-order chi connectivity index (χ1) is 16.1. The van der Waals surface area contributed by atoms with Gasteiger partial charge in [-0.1, -0.05) is 26.7 Å². The summed E-state index contributed by atoms with van der Waals surface area (Å²) in [4.78, 5) is 13.9. The largest absolute Gasteiger partial charge is 0.384 e. The van der Waals surface area contributed by atoms with Crippen LogP contribution in [-0.4, -0.2) is 50.9 Å². The number of aliphatic imine (C=N–C) groups is 2. The Hall–Kier alpha value is -2.44. The monoisotopic (exact) mass is 520 g/mol. The van der Waals surface area contributed by atoms with E-state index in [0.29, 0.717) is 11.7 Å². The summed E-state index contributed by atoms with van der Waals surface area (Å²) in [6.45, 7) is 9.99.